The summed E-state index contributed by atoms with van der Waals surface area (Å²) in [5, 5.41) is 1.20. The number of hydrogen-bond donors (Lipinski definition) is 0. The van der Waals surface area contributed by atoms with Gasteiger partial charge in [0.05, 0.1) is 16.6 Å². The minimum atomic E-state index is 0.921. The Morgan fingerprint density at radius 1 is 0.862 bits per heavy atom. The number of nitrogens with zero attached hydrogens (tertiary/aromatic N) is 3. The molecule has 0 aliphatic heterocycles. The normalized spacial score (nSPS) is 11.4. The van der Waals surface area contributed by atoms with Gasteiger partial charge in [-0.1, -0.05) is 60.7 Å². The fourth-order valence-electron chi connectivity index (χ4n) is 4.22. The molecule has 0 saturated heterocycles. The lowest BCUT2D eigenvalue weighted by molar-refractivity contribution is 0.839. The smallest absolute Gasteiger partial charge is 0.215 e. The zero-order valence-electron chi connectivity index (χ0n) is 17.0. The summed E-state index contributed by atoms with van der Waals surface area (Å²) in [5.74, 6) is 0.921. The van der Waals surface area contributed by atoms with Crippen molar-refractivity contribution in [3.63, 3.8) is 0 Å². The molecule has 0 spiro atoms. The molecule has 5 aromatic rings. The molecule has 2 aromatic heterocycles. The van der Waals surface area contributed by atoms with Gasteiger partial charge in [0.25, 0.3) is 0 Å². The third kappa shape index (κ3) is 2.62. The van der Waals surface area contributed by atoms with E-state index < -0.39 is 0 Å². The van der Waals surface area contributed by atoms with Gasteiger partial charge in [-0.25, -0.2) is 4.98 Å². The highest BCUT2D eigenvalue weighted by Gasteiger charge is 2.18. The van der Waals surface area contributed by atoms with E-state index in [1.807, 2.05) is 12.1 Å². The first-order valence-electron chi connectivity index (χ1n) is 9.85. The van der Waals surface area contributed by atoms with Gasteiger partial charge in [0, 0.05) is 23.7 Å². The van der Waals surface area contributed by atoms with Gasteiger partial charge in [-0.2, -0.15) is 0 Å². The lowest BCUT2D eigenvalue weighted by atomic mass is 10.0. The average molecular weight is 377 g/mol. The van der Waals surface area contributed by atoms with Gasteiger partial charge in [-0.05, 0) is 49.2 Å². The van der Waals surface area contributed by atoms with Crippen LogP contribution in [0.25, 0.3) is 45.1 Å². The quantitative estimate of drug-likeness (QED) is 0.354. The Kier molecular flexibility index (Phi) is 3.92. The van der Waals surface area contributed by atoms with Crippen molar-refractivity contribution in [1.82, 2.24) is 14.1 Å². The maximum atomic E-state index is 4.92. The maximum Gasteiger partial charge on any atom is 0.215 e. The van der Waals surface area contributed by atoms with Crippen LogP contribution < -0.4 is 0 Å². The van der Waals surface area contributed by atoms with Crippen LogP contribution in [0.1, 0.15) is 16.8 Å². The molecule has 0 radical (unpaired) electrons. The van der Waals surface area contributed by atoms with Gasteiger partial charge in [0.2, 0.25) is 5.95 Å². The Hall–Kier alpha value is -3.59. The van der Waals surface area contributed by atoms with Gasteiger partial charge >= 0.3 is 0 Å². The number of imidazole rings is 1. The van der Waals surface area contributed by atoms with Crippen LogP contribution in [-0.2, 0) is 7.05 Å². The Morgan fingerprint density at radius 2 is 1.59 bits per heavy atom. The first-order valence-corrected chi connectivity index (χ1v) is 9.85. The van der Waals surface area contributed by atoms with E-state index in [4.69, 9.17) is 4.98 Å². The molecule has 29 heavy (non-hydrogen) atoms. The monoisotopic (exact) mass is 377 g/mol. The van der Waals surface area contributed by atoms with E-state index in [1.54, 1.807) is 0 Å². The van der Waals surface area contributed by atoms with E-state index in [2.05, 4.69) is 97.3 Å². The van der Waals surface area contributed by atoms with Crippen molar-refractivity contribution in [2.75, 3.05) is 0 Å². The molecule has 0 fully saturated rings. The summed E-state index contributed by atoms with van der Waals surface area (Å²) in [6.45, 7) is 8.34. The second-order valence-corrected chi connectivity index (χ2v) is 7.60. The molecule has 2 heterocycles. The standard InChI is InChI=1S/C26H23N3/c1-5-21-18(3)29(26-27-23-8-6-7-9-25(23)28(26)4)24-15-14-20(16-22(21)24)19-12-10-17(2)11-13-19/h5-16H,1H2,2-4H3. The number of para-hydroxylation sites is 2. The van der Waals surface area contributed by atoms with Crippen LogP contribution >= 0.6 is 0 Å². The van der Waals surface area contributed by atoms with Crippen molar-refractivity contribution in [2.24, 2.45) is 7.05 Å². The number of hydrogen-bond acceptors (Lipinski definition) is 1. The summed E-state index contributed by atoms with van der Waals surface area (Å²) in [6, 6.07) is 23.6. The molecule has 3 heteroatoms. The average Bonchev–Trinajstić information content (AvgIpc) is 3.21. The molecule has 0 N–H and O–H groups in total. The molecule has 0 atom stereocenters. The molecule has 0 aliphatic carbocycles. The van der Waals surface area contributed by atoms with E-state index in [1.165, 1.54) is 22.1 Å². The Bertz CT molecular complexity index is 1380. The third-order valence-corrected chi connectivity index (χ3v) is 5.81. The summed E-state index contributed by atoms with van der Waals surface area (Å²) < 4.78 is 4.40. The van der Waals surface area contributed by atoms with Gasteiger partial charge in [-0.15, -0.1) is 0 Å². The summed E-state index contributed by atoms with van der Waals surface area (Å²) in [6.07, 6.45) is 1.95. The van der Waals surface area contributed by atoms with Crippen LogP contribution in [0, 0.1) is 13.8 Å². The highest BCUT2D eigenvalue weighted by molar-refractivity contribution is 5.95. The summed E-state index contributed by atoms with van der Waals surface area (Å²) in [7, 11) is 2.07. The van der Waals surface area contributed by atoms with E-state index in [-0.39, 0.29) is 0 Å². The zero-order valence-corrected chi connectivity index (χ0v) is 17.0. The number of aromatic nitrogens is 3. The van der Waals surface area contributed by atoms with E-state index >= 15 is 0 Å². The summed E-state index contributed by atoms with van der Waals surface area (Å²) >= 11 is 0. The Balaban J connectivity index is 1.78. The predicted octanol–water partition coefficient (Wildman–Crippen LogP) is 6.44. The van der Waals surface area contributed by atoms with Crippen molar-refractivity contribution in [2.45, 2.75) is 13.8 Å². The third-order valence-electron chi connectivity index (χ3n) is 5.81. The van der Waals surface area contributed by atoms with Crippen LogP contribution in [-0.4, -0.2) is 14.1 Å². The predicted molar refractivity (Wildman–Crippen MR) is 123 cm³/mol. The fourth-order valence-corrected chi connectivity index (χ4v) is 4.22. The number of rotatable bonds is 3. The molecule has 0 unspecified atom stereocenters. The van der Waals surface area contributed by atoms with Gasteiger partial charge in [-0.3, -0.25) is 4.57 Å². The summed E-state index contributed by atoms with van der Waals surface area (Å²) in [4.78, 5) is 4.92. The molecule has 142 valence electrons. The molecule has 5 rings (SSSR count). The molecule has 0 amide bonds. The number of benzene rings is 3. The first-order chi connectivity index (χ1) is 14.1. The molecule has 0 aliphatic rings. The fraction of sp³-hybridized carbons (Fsp3) is 0.115. The second-order valence-electron chi connectivity index (χ2n) is 7.60. The molecule has 0 bridgehead atoms. The van der Waals surface area contributed by atoms with Crippen LogP contribution in [0.15, 0.2) is 73.3 Å². The van der Waals surface area contributed by atoms with Crippen molar-refractivity contribution in [3.8, 4) is 17.1 Å². The zero-order chi connectivity index (χ0) is 20.1. The highest BCUT2D eigenvalue weighted by Crippen LogP contribution is 2.34. The van der Waals surface area contributed by atoms with Gasteiger partial charge in [0.15, 0.2) is 0 Å². The van der Waals surface area contributed by atoms with Gasteiger partial charge in [0.1, 0.15) is 0 Å². The molecule has 0 saturated carbocycles. The molecular formula is C26H23N3. The SMILES string of the molecule is C=Cc1c(C)n(-c2nc3ccccc3n2C)c2ccc(-c3ccc(C)cc3)cc12. The largest absolute Gasteiger partial charge is 0.313 e. The lowest BCUT2D eigenvalue weighted by Gasteiger charge is -2.09. The van der Waals surface area contributed by atoms with Crippen molar-refractivity contribution in [3.05, 3.63) is 90.1 Å². The van der Waals surface area contributed by atoms with E-state index in [9.17, 15) is 0 Å². The molecular weight excluding hydrogens is 354 g/mol. The topological polar surface area (TPSA) is 22.8 Å². The van der Waals surface area contributed by atoms with E-state index in [0.717, 1.165) is 33.8 Å². The maximum absolute atomic E-state index is 4.92. The Morgan fingerprint density at radius 3 is 2.31 bits per heavy atom. The number of fused-ring (bicyclic) bond motifs is 2. The molecule has 3 aromatic carbocycles. The van der Waals surface area contributed by atoms with Crippen LogP contribution in [0.2, 0.25) is 0 Å². The number of aryl methyl sites for hydroxylation is 2. The molecule has 3 nitrogen and oxygen atoms in total. The highest BCUT2D eigenvalue weighted by atomic mass is 15.2. The minimum Gasteiger partial charge on any atom is -0.313 e. The van der Waals surface area contributed by atoms with Crippen molar-refractivity contribution >= 4 is 28.0 Å². The van der Waals surface area contributed by atoms with Gasteiger partial charge < -0.3 is 4.57 Å². The first kappa shape index (κ1) is 17.5. The lowest BCUT2D eigenvalue weighted by Crippen LogP contribution is -2.04. The van der Waals surface area contributed by atoms with Crippen LogP contribution in [0.3, 0.4) is 0 Å². The van der Waals surface area contributed by atoms with E-state index in [0.29, 0.717) is 0 Å². The van der Waals surface area contributed by atoms with Crippen molar-refractivity contribution in [1.29, 1.82) is 0 Å². The Labute approximate surface area is 170 Å². The van der Waals surface area contributed by atoms with Crippen LogP contribution in [0.5, 0.6) is 0 Å². The van der Waals surface area contributed by atoms with Crippen LogP contribution in [0.4, 0.5) is 0 Å². The summed E-state index contributed by atoms with van der Waals surface area (Å²) in [5.41, 5.74) is 9.28. The second kappa shape index (κ2) is 6.49. The van der Waals surface area contributed by atoms with Crippen molar-refractivity contribution < 1.29 is 0 Å². The minimum absolute atomic E-state index is 0.921.